The van der Waals surface area contributed by atoms with E-state index < -0.39 is 18.2 Å². The number of unbranched alkanes of at least 4 members (excludes halogenated alkanes) is 39. The molecule has 0 aliphatic heterocycles. The van der Waals surface area contributed by atoms with Crippen molar-refractivity contribution in [3.8, 4) is 0 Å². The molecule has 0 aliphatic carbocycles. The molecule has 60 heavy (non-hydrogen) atoms. The van der Waals surface area contributed by atoms with Crippen LogP contribution in [-0.2, 0) is 4.79 Å². The first-order valence-electron chi connectivity index (χ1n) is 27.1. The number of rotatable bonds is 50. The highest BCUT2D eigenvalue weighted by molar-refractivity contribution is 5.76. The fourth-order valence-electron chi connectivity index (χ4n) is 8.57. The number of carbonyl (C=O) groups is 1. The SMILES string of the molecule is CCCCCCCCCCCCCC/C=C\CCCCCCCCCCCCCCCCCC(O)CC(=O)NC(CO)C(O)/C=C/CCCCCCCCCCCCCC. The Kier molecular flexibility index (Phi) is 49.5. The van der Waals surface area contributed by atoms with Gasteiger partial charge in [-0.2, -0.15) is 0 Å². The number of amides is 1. The third-order valence-electron chi connectivity index (χ3n) is 12.7. The molecule has 1 amide bonds. The van der Waals surface area contributed by atoms with Crippen molar-refractivity contribution >= 4 is 5.91 Å². The first-order chi connectivity index (χ1) is 29.5. The summed E-state index contributed by atoms with van der Waals surface area (Å²) in [7, 11) is 0. The lowest BCUT2D eigenvalue weighted by atomic mass is 10.0. The van der Waals surface area contributed by atoms with Crippen molar-refractivity contribution in [1.29, 1.82) is 0 Å². The molecule has 5 heteroatoms. The van der Waals surface area contributed by atoms with Gasteiger partial charge in [0.2, 0.25) is 5.91 Å². The molecule has 0 aromatic carbocycles. The maximum atomic E-state index is 12.5. The summed E-state index contributed by atoms with van der Waals surface area (Å²) in [5.41, 5.74) is 0. The molecule has 0 heterocycles. The lowest BCUT2D eigenvalue weighted by Gasteiger charge is -2.21. The van der Waals surface area contributed by atoms with Crippen molar-refractivity contribution in [2.24, 2.45) is 0 Å². The van der Waals surface area contributed by atoms with Crippen LogP contribution < -0.4 is 5.32 Å². The zero-order valence-corrected chi connectivity index (χ0v) is 40.6. The standard InChI is InChI=1S/C55H107NO4/c1-3-5-7-9-11-13-15-17-19-20-21-22-23-24-25-26-27-28-29-30-31-32-33-34-35-36-38-40-42-44-46-48-52(58)50-55(60)56-53(51-57)54(59)49-47-45-43-41-39-37-18-16-14-12-10-8-6-4-2/h24-25,47,49,52-54,57-59H,3-23,26-46,48,50-51H2,1-2H3,(H,56,60)/b25-24-,49-47+. The largest absolute Gasteiger partial charge is 0.394 e. The summed E-state index contributed by atoms with van der Waals surface area (Å²) in [6.45, 7) is 4.23. The van der Waals surface area contributed by atoms with Gasteiger partial charge in [-0.25, -0.2) is 0 Å². The van der Waals surface area contributed by atoms with Gasteiger partial charge in [0.05, 0.1) is 31.3 Å². The summed E-state index contributed by atoms with van der Waals surface area (Å²) in [5, 5.41) is 33.3. The van der Waals surface area contributed by atoms with Crippen LogP contribution in [0.5, 0.6) is 0 Å². The molecule has 3 unspecified atom stereocenters. The number of nitrogens with one attached hydrogen (secondary N) is 1. The van der Waals surface area contributed by atoms with Crippen LogP contribution in [0.2, 0.25) is 0 Å². The average molecular weight is 846 g/mol. The predicted molar refractivity (Wildman–Crippen MR) is 264 cm³/mol. The Labute approximate surface area is 375 Å². The quantitative estimate of drug-likeness (QED) is 0.0363. The summed E-state index contributed by atoms with van der Waals surface area (Å²) >= 11 is 0. The van der Waals surface area contributed by atoms with E-state index in [2.05, 4.69) is 31.3 Å². The van der Waals surface area contributed by atoms with Gasteiger partial charge in [-0.1, -0.05) is 269 Å². The van der Waals surface area contributed by atoms with Crippen LogP contribution in [0.25, 0.3) is 0 Å². The van der Waals surface area contributed by atoms with Crippen molar-refractivity contribution in [1.82, 2.24) is 5.32 Å². The summed E-state index contributed by atoms with van der Waals surface area (Å²) in [5.74, 6) is -0.312. The first-order valence-corrected chi connectivity index (χ1v) is 27.1. The van der Waals surface area contributed by atoms with Crippen LogP contribution in [0.15, 0.2) is 24.3 Å². The number of carbonyl (C=O) groups excluding carboxylic acids is 1. The lowest BCUT2D eigenvalue weighted by molar-refractivity contribution is -0.124. The molecule has 4 N–H and O–H groups in total. The number of hydrogen-bond acceptors (Lipinski definition) is 4. The third-order valence-corrected chi connectivity index (χ3v) is 12.7. The van der Waals surface area contributed by atoms with Crippen molar-refractivity contribution < 1.29 is 20.1 Å². The molecule has 0 aromatic rings. The second kappa shape index (κ2) is 50.5. The van der Waals surface area contributed by atoms with E-state index in [1.165, 1.54) is 244 Å². The van der Waals surface area contributed by atoms with E-state index in [0.717, 1.165) is 25.7 Å². The van der Waals surface area contributed by atoms with Crippen molar-refractivity contribution in [2.45, 2.75) is 315 Å². The van der Waals surface area contributed by atoms with Gasteiger partial charge in [0, 0.05) is 0 Å². The molecule has 0 aromatic heterocycles. The summed E-state index contributed by atoms with van der Waals surface area (Å²) in [6, 6.07) is -0.742. The smallest absolute Gasteiger partial charge is 0.222 e. The fourth-order valence-corrected chi connectivity index (χ4v) is 8.57. The summed E-state index contributed by atoms with van der Waals surface area (Å²) < 4.78 is 0. The zero-order chi connectivity index (χ0) is 43.7. The number of aliphatic hydroxyl groups excluding tert-OH is 3. The van der Waals surface area contributed by atoms with E-state index >= 15 is 0 Å². The lowest BCUT2D eigenvalue weighted by Crippen LogP contribution is -2.45. The van der Waals surface area contributed by atoms with Gasteiger partial charge in [0.15, 0.2) is 0 Å². The highest BCUT2D eigenvalue weighted by Gasteiger charge is 2.20. The van der Waals surface area contributed by atoms with Gasteiger partial charge in [-0.05, 0) is 44.9 Å². The molecule has 0 radical (unpaired) electrons. The second-order valence-corrected chi connectivity index (χ2v) is 18.8. The number of allylic oxidation sites excluding steroid dienone is 3. The Balaban J connectivity index is 3.50. The normalized spacial score (nSPS) is 13.5. The molecule has 0 bridgehead atoms. The number of aliphatic hydroxyl groups is 3. The van der Waals surface area contributed by atoms with Crippen LogP contribution in [0.1, 0.15) is 296 Å². The topological polar surface area (TPSA) is 89.8 Å². The molecule has 0 saturated carbocycles. The molecule has 0 rings (SSSR count). The Hall–Kier alpha value is -1.17. The molecule has 5 nitrogen and oxygen atoms in total. The van der Waals surface area contributed by atoms with Crippen LogP contribution in [0, 0.1) is 0 Å². The average Bonchev–Trinajstić information content (AvgIpc) is 3.24. The van der Waals surface area contributed by atoms with Crippen LogP contribution in [0.3, 0.4) is 0 Å². The van der Waals surface area contributed by atoms with Gasteiger partial charge in [0.1, 0.15) is 0 Å². The van der Waals surface area contributed by atoms with Gasteiger partial charge >= 0.3 is 0 Å². The third kappa shape index (κ3) is 46.3. The second-order valence-electron chi connectivity index (χ2n) is 18.8. The maximum Gasteiger partial charge on any atom is 0.222 e. The maximum absolute atomic E-state index is 12.5. The van der Waals surface area contributed by atoms with Crippen molar-refractivity contribution in [3.63, 3.8) is 0 Å². The van der Waals surface area contributed by atoms with Gasteiger partial charge in [0.25, 0.3) is 0 Å². The number of hydrogen-bond donors (Lipinski definition) is 4. The predicted octanol–water partition coefficient (Wildman–Crippen LogP) is 16.5. The minimum absolute atomic E-state index is 0.0168. The summed E-state index contributed by atoms with van der Waals surface area (Å²) in [6.07, 6.45) is 63.7. The minimum atomic E-state index is -0.926. The van der Waals surface area contributed by atoms with E-state index in [0.29, 0.717) is 6.42 Å². The first kappa shape index (κ1) is 58.8. The van der Waals surface area contributed by atoms with Gasteiger partial charge in [-0.3, -0.25) is 4.79 Å². The molecule has 356 valence electrons. The Morgan fingerprint density at radius 1 is 0.417 bits per heavy atom. The molecule has 0 aliphatic rings. The monoisotopic (exact) mass is 846 g/mol. The van der Waals surface area contributed by atoms with E-state index in [1.54, 1.807) is 6.08 Å². The highest BCUT2D eigenvalue weighted by atomic mass is 16.3. The van der Waals surface area contributed by atoms with Crippen LogP contribution in [-0.4, -0.2) is 46.1 Å². The van der Waals surface area contributed by atoms with Crippen LogP contribution in [0.4, 0.5) is 0 Å². The highest BCUT2D eigenvalue weighted by Crippen LogP contribution is 2.17. The molecular weight excluding hydrogens is 739 g/mol. The van der Waals surface area contributed by atoms with Crippen LogP contribution >= 0.6 is 0 Å². The van der Waals surface area contributed by atoms with E-state index in [-0.39, 0.29) is 18.9 Å². The Bertz CT molecular complexity index is 890. The zero-order valence-electron chi connectivity index (χ0n) is 40.6. The van der Waals surface area contributed by atoms with Gasteiger partial charge in [-0.15, -0.1) is 0 Å². The molecule has 3 atom stereocenters. The molecular formula is C55H107NO4. The summed E-state index contributed by atoms with van der Waals surface area (Å²) in [4.78, 5) is 12.5. The Morgan fingerprint density at radius 3 is 1.02 bits per heavy atom. The van der Waals surface area contributed by atoms with Crippen molar-refractivity contribution in [3.05, 3.63) is 24.3 Å². The molecule has 0 fully saturated rings. The fraction of sp³-hybridized carbons (Fsp3) is 0.909. The Morgan fingerprint density at radius 2 is 0.700 bits per heavy atom. The van der Waals surface area contributed by atoms with E-state index in [4.69, 9.17) is 0 Å². The minimum Gasteiger partial charge on any atom is -0.394 e. The molecule has 0 spiro atoms. The van der Waals surface area contributed by atoms with E-state index in [1.807, 2.05) is 6.08 Å². The van der Waals surface area contributed by atoms with Crippen molar-refractivity contribution in [2.75, 3.05) is 6.61 Å². The van der Waals surface area contributed by atoms with E-state index in [9.17, 15) is 20.1 Å². The van der Waals surface area contributed by atoms with Gasteiger partial charge < -0.3 is 20.6 Å². The molecule has 0 saturated heterocycles.